The van der Waals surface area contributed by atoms with Gasteiger partial charge in [-0.2, -0.15) is 10.1 Å². The summed E-state index contributed by atoms with van der Waals surface area (Å²) >= 11 is 0. The van der Waals surface area contributed by atoms with Gasteiger partial charge in [-0.05, 0) is 19.9 Å². The summed E-state index contributed by atoms with van der Waals surface area (Å²) in [4.78, 5) is 4.11. The topological polar surface area (TPSA) is 82.8 Å². The fourth-order valence-electron chi connectivity index (χ4n) is 1.40. The minimum absolute atomic E-state index is 0.292. The third-order valence-corrected chi connectivity index (χ3v) is 2.08. The molecular weight excluding hydrogens is 194 g/mol. The Morgan fingerprint density at radius 2 is 2.27 bits per heavy atom. The maximum absolute atomic E-state index is 5.38. The van der Waals surface area contributed by atoms with Crippen LogP contribution in [0.1, 0.15) is 23.1 Å². The van der Waals surface area contributed by atoms with Gasteiger partial charge < -0.3 is 10.3 Å². The van der Waals surface area contributed by atoms with E-state index < -0.39 is 0 Å². The molecule has 0 amide bonds. The molecule has 6 nitrogen and oxygen atoms in total. The van der Waals surface area contributed by atoms with E-state index in [2.05, 4.69) is 15.2 Å². The lowest BCUT2D eigenvalue weighted by atomic mass is 10.4. The molecule has 15 heavy (non-hydrogen) atoms. The lowest BCUT2D eigenvalue weighted by molar-refractivity contribution is 0.360. The fraction of sp³-hybridized carbons (Fsp3) is 0.444. The van der Waals surface area contributed by atoms with Crippen molar-refractivity contribution in [3.8, 4) is 0 Å². The van der Waals surface area contributed by atoms with Crippen LogP contribution in [0.25, 0.3) is 0 Å². The summed E-state index contributed by atoms with van der Waals surface area (Å²) in [6, 6.07) is 2.00. The molecule has 0 bridgehead atoms. The number of aryl methyl sites for hydroxylation is 2. The van der Waals surface area contributed by atoms with Crippen LogP contribution in [-0.2, 0) is 13.1 Å². The average molecular weight is 207 g/mol. The summed E-state index contributed by atoms with van der Waals surface area (Å²) in [5.41, 5.74) is 7.43. The summed E-state index contributed by atoms with van der Waals surface area (Å²) in [7, 11) is 0. The Labute approximate surface area is 87.1 Å². The van der Waals surface area contributed by atoms with Gasteiger partial charge in [0.05, 0.1) is 12.2 Å². The Morgan fingerprint density at radius 1 is 1.47 bits per heavy atom. The second-order valence-electron chi connectivity index (χ2n) is 3.39. The van der Waals surface area contributed by atoms with Crippen LogP contribution < -0.4 is 5.73 Å². The predicted octanol–water partition coefficient (Wildman–Crippen LogP) is 0.390. The lowest BCUT2D eigenvalue weighted by Gasteiger charge is -1.98. The van der Waals surface area contributed by atoms with Gasteiger partial charge in [0.15, 0.2) is 5.82 Å². The van der Waals surface area contributed by atoms with Crippen molar-refractivity contribution in [2.24, 2.45) is 5.73 Å². The Hall–Kier alpha value is -1.69. The van der Waals surface area contributed by atoms with Crippen molar-refractivity contribution in [3.63, 3.8) is 0 Å². The molecule has 2 N–H and O–H groups in total. The maximum Gasteiger partial charge on any atom is 0.248 e. The molecule has 2 heterocycles. The second-order valence-corrected chi connectivity index (χ2v) is 3.39. The number of rotatable bonds is 3. The van der Waals surface area contributed by atoms with Gasteiger partial charge in [-0.15, -0.1) is 0 Å². The molecule has 2 aromatic heterocycles. The van der Waals surface area contributed by atoms with Gasteiger partial charge in [-0.3, -0.25) is 4.68 Å². The van der Waals surface area contributed by atoms with E-state index >= 15 is 0 Å². The van der Waals surface area contributed by atoms with E-state index in [1.54, 1.807) is 0 Å². The van der Waals surface area contributed by atoms with Crippen molar-refractivity contribution in [2.45, 2.75) is 26.9 Å². The van der Waals surface area contributed by atoms with Crippen LogP contribution in [0, 0.1) is 13.8 Å². The van der Waals surface area contributed by atoms with Crippen LogP contribution in [0.4, 0.5) is 0 Å². The number of aromatic nitrogens is 4. The van der Waals surface area contributed by atoms with E-state index in [1.807, 2.05) is 24.6 Å². The summed E-state index contributed by atoms with van der Waals surface area (Å²) in [5.74, 6) is 1.05. The molecule has 0 aromatic carbocycles. The van der Waals surface area contributed by atoms with Gasteiger partial charge in [0.1, 0.15) is 6.54 Å². The van der Waals surface area contributed by atoms with E-state index in [0.717, 1.165) is 11.4 Å². The van der Waals surface area contributed by atoms with E-state index in [1.165, 1.54) is 0 Å². The molecule has 0 radical (unpaired) electrons. The highest BCUT2D eigenvalue weighted by molar-refractivity contribution is 5.07. The van der Waals surface area contributed by atoms with E-state index in [0.29, 0.717) is 24.8 Å². The first-order chi connectivity index (χ1) is 7.19. The summed E-state index contributed by atoms with van der Waals surface area (Å²) in [5, 5.41) is 8.01. The quantitative estimate of drug-likeness (QED) is 0.787. The van der Waals surface area contributed by atoms with E-state index in [-0.39, 0.29) is 0 Å². The molecule has 0 saturated carbocycles. The molecule has 2 aromatic rings. The van der Waals surface area contributed by atoms with Crippen LogP contribution in [-0.4, -0.2) is 19.9 Å². The van der Waals surface area contributed by atoms with E-state index in [9.17, 15) is 0 Å². The Kier molecular flexibility index (Phi) is 2.51. The first-order valence-electron chi connectivity index (χ1n) is 4.71. The first-order valence-corrected chi connectivity index (χ1v) is 4.71. The van der Waals surface area contributed by atoms with Crippen molar-refractivity contribution in [2.75, 3.05) is 0 Å². The van der Waals surface area contributed by atoms with Gasteiger partial charge in [0, 0.05) is 5.69 Å². The van der Waals surface area contributed by atoms with Crippen molar-refractivity contribution in [1.29, 1.82) is 0 Å². The molecule has 0 unspecified atom stereocenters. The largest absolute Gasteiger partial charge is 0.337 e. The summed E-state index contributed by atoms with van der Waals surface area (Å²) in [6.07, 6.45) is 0. The molecule has 0 aliphatic rings. The molecule has 0 fully saturated rings. The molecule has 0 aliphatic heterocycles. The molecule has 80 valence electrons. The van der Waals surface area contributed by atoms with E-state index in [4.69, 9.17) is 10.3 Å². The predicted molar refractivity (Wildman–Crippen MR) is 53.0 cm³/mol. The van der Waals surface area contributed by atoms with Gasteiger partial charge in [0.2, 0.25) is 5.89 Å². The molecule has 2 rings (SSSR count). The van der Waals surface area contributed by atoms with Gasteiger partial charge in [-0.25, -0.2) is 0 Å². The van der Waals surface area contributed by atoms with Crippen molar-refractivity contribution in [1.82, 2.24) is 19.9 Å². The van der Waals surface area contributed by atoms with Crippen LogP contribution >= 0.6 is 0 Å². The fourth-order valence-corrected chi connectivity index (χ4v) is 1.40. The normalized spacial score (nSPS) is 10.9. The highest BCUT2D eigenvalue weighted by Crippen LogP contribution is 2.05. The Balaban J connectivity index is 2.17. The van der Waals surface area contributed by atoms with Crippen molar-refractivity contribution < 1.29 is 4.52 Å². The highest BCUT2D eigenvalue weighted by atomic mass is 16.5. The zero-order valence-electron chi connectivity index (χ0n) is 8.77. The average Bonchev–Trinajstić information content (AvgIpc) is 2.75. The van der Waals surface area contributed by atoms with Gasteiger partial charge in [0.25, 0.3) is 0 Å². The second kappa shape index (κ2) is 3.82. The molecule has 0 spiro atoms. The van der Waals surface area contributed by atoms with Crippen LogP contribution in [0.5, 0.6) is 0 Å². The molecular formula is C9H13N5O. The van der Waals surface area contributed by atoms with Crippen molar-refractivity contribution >= 4 is 0 Å². The number of hydrogen-bond donors (Lipinski definition) is 1. The number of hydrogen-bond acceptors (Lipinski definition) is 5. The van der Waals surface area contributed by atoms with Gasteiger partial charge >= 0.3 is 0 Å². The van der Waals surface area contributed by atoms with Gasteiger partial charge in [-0.1, -0.05) is 5.16 Å². The maximum atomic E-state index is 5.38. The monoisotopic (exact) mass is 207 g/mol. The minimum atomic E-state index is 0.292. The van der Waals surface area contributed by atoms with Crippen LogP contribution in [0.2, 0.25) is 0 Å². The Morgan fingerprint density at radius 3 is 2.80 bits per heavy atom. The molecule has 0 aliphatic carbocycles. The lowest BCUT2D eigenvalue weighted by Crippen LogP contribution is -2.05. The summed E-state index contributed by atoms with van der Waals surface area (Å²) in [6.45, 7) is 4.72. The number of nitrogens with zero attached hydrogens (tertiary/aromatic N) is 4. The molecule has 6 heteroatoms. The summed E-state index contributed by atoms with van der Waals surface area (Å²) < 4.78 is 6.84. The highest BCUT2D eigenvalue weighted by Gasteiger charge is 2.08. The number of nitrogens with two attached hydrogens (primary N) is 1. The molecule has 0 atom stereocenters. The van der Waals surface area contributed by atoms with Crippen molar-refractivity contribution in [3.05, 3.63) is 29.2 Å². The van der Waals surface area contributed by atoms with Crippen LogP contribution in [0.15, 0.2) is 10.6 Å². The smallest absolute Gasteiger partial charge is 0.248 e. The SMILES string of the molecule is Cc1cc(C)n(Cc2nc(CN)no2)n1. The zero-order valence-corrected chi connectivity index (χ0v) is 8.77. The molecule has 0 saturated heterocycles. The third kappa shape index (κ3) is 2.04. The zero-order chi connectivity index (χ0) is 10.8. The van der Waals surface area contributed by atoms with Crippen LogP contribution in [0.3, 0.4) is 0 Å². The minimum Gasteiger partial charge on any atom is -0.337 e. The first kappa shape index (κ1) is 9.85. The standard InChI is InChI=1S/C9H13N5O/c1-6-3-7(2)14(12-6)5-9-11-8(4-10)13-15-9/h3H,4-5,10H2,1-2H3. The Bertz CT molecular complexity index is 459. The third-order valence-electron chi connectivity index (χ3n) is 2.08.